The number of aliphatic imine (C=N–C) groups is 1. The smallest absolute Gasteiger partial charge is 0.284 e. The molecule has 15 heavy (non-hydrogen) atoms. The van der Waals surface area contributed by atoms with Crippen LogP contribution >= 0.6 is 35.0 Å². The molecule has 3 nitrogen and oxygen atoms in total. The number of halogens is 2. The van der Waals surface area contributed by atoms with E-state index in [2.05, 4.69) is 10.3 Å². The van der Waals surface area contributed by atoms with Crippen molar-refractivity contribution < 1.29 is 4.79 Å². The molecule has 1 aromatic rings. The number of rotatable bonds is 1. The fourth-order valence-electron chi connectivity index (χ4n) is 1.10. The fourth-order valence-corrected chi connectivity index (χ4v) is 2.02. The second-order valence-electron chi connectivity index (χ2n) is 2.86. The van der Waals surface area contributed by atoms with E-state index in [4.69, 9.17) is 23.2 Å². The molecule has 1 amide bonds. The Kier molecular flexibility index (Phi) is 3.19. The number of carbonyl (C=O) groups excluding carboxylic acids is 1. The maximum Gasteiger partial charge on any atom is 0.284 e. The minimum absolute atomic E-state index is 0.0908. The van der Waals surface area contributed by atoms with Crippen molar-refractivity contribution in [2.24, 2.45) is 4.99 Å². The van der Waals surface area contributed by atoms with Crippen LogP contribution in [-0.4, -0.2) is 16.8 Å². The van der Waals surface area contributed by atoms with Gasteiger partial charge in [0.1, 0.15) is 5.84 Å². The van der Waals surface area contributed by atoms with Crippen LogP contribution in [0.15, 0.2) is 23.2 Å². The van der Waals surface area contributed by atoms with Crippen LogP contribution in [0.3, 0.4) is 0 Å². The van der Waals surface area contributed by atoms with E-state index >= 15 is 0 Å². The summed E-state index contributed by atoms with van der Waals surface area (Å²) in [5.41, 5.74) is 0.571. The molecular weight excluding hydrogens is 255 g/mol. The number of nitrogens with one attached hydrogen (secondary N) is 1. The molecule has 1 fully saturated rings. The third-order valence-corrected chi connectivity index (χ3v) is 3.09. The van der Waals surface area contributed by atoms with Gasteiger partial charge in [0, 0.05) is 5.02 Å². The van der Waals surface area contributed by atoms with Crippen LogP contribution < -0.4 is 5.32 Å². The number of carbonyl (C=O) groups is 1. The maximum absolute atomic E-state index is 10.9. The average Bonchev–Trinajstić information content (AvgIpc) is 2.58. The molecule has 78 valence electrons. The monoisotopic (exact) mass is 260 g/mol. The van der Waals surface area contributed by atoms with Gasteiger partial charge in [0.15, 0.2) is 0 Å². The second kappa shape index (κ2) is 4.43. The van der Waals surface area contributed by atoms with Gasteiger partial charge in [-0.15, -0.1) is 0 Å². The number of hydrogen-bond donors (Lipinski definition) is 1. The molecule has 0 atom stereocenters. The van der Waals surface area contributed by atoms with Crippen LogP contribution in [0.4, 0.5) is 10.5 Å². The van der Waals surface area contributed by atoms with E-state index in [1.54, 1.807) is 18.2 Å². The number of thioether (sulfide) groups is 1. The van der Waals surface area contributed by atoms with Crippen LogP contribution in [0.1, 0.15) is 0 Å². The van der Waals surface area contributed by atoms with Crippen LogP contribution in [-0.2, 0) is 0 Å². The van der Waals surface area contributed by atoms with Gasteiger partial charge in [-0.1, -0.05) is 35.0 Å². The van der Waals surface area contributed by atoms with Crippen molar-refractivity contribution in [3.8, 4) is 0 Å². The quantitative estimate of drug-likeness (QED) is 0.840. The van der Waals surface area contributed by atoms with E-state index in [-0.39, 0.29) is 5.24 Å². The van der Waals surface area contributed by atoms with Crippen LogP contribution in [0.5, 0.6) is 0 Å². The van der Waals surface area contributed by atoms with E-state index < -0.39 is 0 Å². The van der Waals surface area contributed by atoms with E-state index in [1.807, 2.05) is 0 Å². The van der Waals surface area contributed by atoms with Gasteiger partial charge >= 0.3 is 0 Å². The molecule has 1 aliphatic heterocycles. The lowest BCUT2D eigenvalue weighted by atomic mass is 10.3. The van der Waals surface area contributed by atoms with Crippen LogP contribution in [0.2, 0.25) is 10.0 Å². The Balaban J connectivity index is 2.30. The van der Waals surface area contributed by atoms with Crippen molar-refractivity contribution in [1.29, 1.82) is 0 Å². The molecule has 0 saturated carbocycles. The molecule has 6 heteroatoms. The highest BCUT2D eigenvalue weighted by atomic mass is 35.5. The molecule has 1 heterocycles. The van der Waals surface area contributed by atoms with Crippen molar-refractivity contribution >= 4 is 51.7 Å². The first-order valence-electron chi connectivity index (χ1n) is 4.11. The van der Waals surface area contributed by atoms with Gasteiger partial charge in [0.2, 0.25) is 0 Å². The Morgan fingerprint density at radius 1 is 1.40 bits per heavy atom. The molecule has 1 aliphatic rings. The highest BCUT2D eigenvalue weighted by molar-refractivity contribution is 8.14. The molecule has 0 unspecified atom stereocenters. The van der Waals surface area contributed by atoms with Gasteiger partial charge in [-0.2, -0.15) is 0 Å². The van der Waals surface area contributed by atoms with Crippen LogP contribution in [0.25, 0.3) is 0 Å². The summed E-state index contributed by atoms with van der Waals surface area (Å²) in [6, 6.07) is 5.02. The summed E-state index contributed by atoms with van der Waals surface area (Å²) < 4.78 is 0. The summed E-state index contributed by atoms with van der Waals surface area (Å²) >= 11 is 12.9. The number of nitrogens with zero attached hydrogens (tertiary/aromatic N) is 1. The lowest BCUT2D eigenvalue weighted by molar-refractivity contribution is 0.265. The van der Waals surface area contributed by atoms with Crippen molar-refractivity contribution in [3.63, 3.8) is 0 Å². The number of hydrogen-bond acceptors (Lipinski definition) is 3. The third kappa shape index (κ3) is 2.65. The third-order valence-electron chi connectivity index (χ3n) is 1.75. The Bertz CT molecular complexity index is 448. The molecule has 1 saturated heterocycles. The van der Waals surface area contributed by atoms with E-state index in [0.717, 1.165) is 0 Å². The maximum atomic E-state index is 10.9. The molecule has 0 spiro atoms. The molecule has 0 aliphatic carbocycles. The number of amides is 1. The SMILES string of the molecule is O=C1NC(=Nc2cc(Cl)ccc2Cl)CS1. The van der Waals surface area contributed by atoms with Crippen molar-refractivity contribution in [2.75, 3.05) is 5.75 Å². The van der Waals surface area contributed by atoms with Crippen molar-refractivity contribution in [1.82, 2.24) is 5.32 Å². The van der Waals surface area contributed by atoms with Gasteiger partial charge in [-0.05, 0) is 18.2 Å². The highest BCUT2D eigenvalue weighted by Crippen LogP contribution is 2.28. The predicted molar refractivity (Wildman–Crippen MR) is 64.5 cm³/mol. The normalized spacial score (nSPS) is 18.3. The Morgan fingerprint density at radius 3 is 2.87 bits per heavy atom. The van der Waals surface area contributed by atoms with Gasteiger partial charge < -0.3 is 5.32 Å². The first kappa shape index (κ1) is 10.8. The first-order chi connectivity index (χ1) is 7.15. The summed E-state index contributed by atoms with van der Waals surface area (Å²) in [6.07, 6.45) is 0. The molecule has 0 aromatic heterocycles. The Labute approximate surface area is 101 Å². The van der Waals surface area contributed by atoms with Crippen molar-refractivity contribution in [3.05, 3.63) is 28.2 Å². The summed E-state index contributed by atoms with van der Waals surface area (Å²) in [5, 5.41) is 3.61. The molecule has 2 rings (SSSR count). The van der Waals surface area contributed by atoms with E-state index in [1.165, 1.54) is 11.8 Å². The lowest BCUT2D eigenvalue weighted by Crippen LogP contribution is -2.19. The molecule has 1 aromatic carbocycles. The highest BCUT2D eigenvalue weighted by Gasteiger charge is 2.16. The standard InChI is InChI=1S/C9H6Cl2N2OS/c10-5-1-2-6(11)7(3-5)12-8-4-15-9(14)13-8/h1-3H,4H2,(H,12,13,14). The zero-order valence-electron chi connectivity index (χ0n) is 7.46. The number of amidine groups is 1. The topological polar surface area (TPSA) is 41.5 Å². The predicted octanol–water partition coefficient (Wildman–Crippen LogP) is 3.48. The van der Waals surface area contributed by atoms with Gasteiger partial charge in [0.05, 0.1) is 16.5 Å². The fraction of sp³-hybridized carbons (Fsp3) is 0.111. The van der Waals surface area contributed by atoms with E-state index in [0.29, 0.717) is 27.3 Å². The zero-order chi connectivity index (χ0) is 10.8. The first-order valence-corrected chi connectivity index (χ1v) is 5.86. The average molecular weight is 261 g/mol. The van der Waals surface area contributed by atoms with Gasteiger partial charge in [0.25, 0.3) is 5.24 Å². The van der Waals surface area contributed by atoms with Crippen LogP contribution in [0, 0.1) is 0 Å². The molecule has 1 N–H and O–H groups in total. The Hall–Kier alpha value is -0.710. The summed E-state index contributed by atoms with van der Waals surface area (Å²) in [7, 11) is 0. The summed E-state index contributed by atoms with van der Waals surface area (Å²) in [5.74, 6) is 1.15. The largest absolute Gasteiger partial charge is 0.304 e. The van der Waals surface area contributed by atoms with Crippen molar-refractivity contribution in [2.45, 2.75) is 0 Å². The lowest BCUT2D eigenvalue weighted by Gasteiger charge is -2.00. The van der Waals surface area contributed by atoms with Gasteiger partial charge in [-0.25, -0.2) is 4.99 Å². The second-order valence-corrected chi connectivity index (χ2v) is 4.65. The summed E-state index contributed by atoms with van der Waals surface area (Å²) in [4.78, 5) is 15.1. The molecule has 0 radical (unpaired) electrons. The zero-order valence-corrected chi connectivity index (χ0v) is 9.79. The minimum Gasteiger partial charge on any atom is -0.304 e. The molecular formula is C9H6Cl2N2OS. The van der Waals surface area contributed by atoms with Gasteiger partial charge in [-0.3, -0.25) is 4.79 Å². The summed E-state index contributed by atoms with van der Waals surface area (Å²) in [6.45, 7) is 0. The Morgan fingerprint density at radius 2 is 2.20 bits per heavy atom. The minimum atomic E-state index is -0.0908. The number of benzene rings is 1. The van der Waals surface area contributed by atoms with E-state index in [9.17, 15) is 4.79 Å². The molecule has 0 bridgehead atoms.